The van der Waals surface area contributed by atoms with Crippen LogP contribution in [0, 0.1) is 0 Å². The Morgan fingerprint density at radius 1 is 1.52 bits per heavy atom. The summed E-state index contributed by atoms with van der Waals surface area (Å²) in [5.41, 5.74) is 0.902. The maximum atomic E-state index is 12.3. The Hall–Kier alpha value is -1.50. The van der Waals surface area contributed by atoms with Gasteiger partial charge in [-0.15, -0.1) is 0 Å². The fourth-order valence-corrected chi connectivity index (χ4v) is 3.51. The average Bonchev–Trinajstić information content (AvgIpc) is 2.88. The van der Waals surface area contributed by atoms with E-state index in [1.165, 1.54) is 11.3 Å². The highest BCUT2D eigenvalue weighted by Gasteiger charge is 2.26. The standard InChI is InChI=1S/C15H19N3O2S/c1-10(18-8-4-5-11(19)9-18)14(20)17-15-16-12-6-2-3-7-13(12)21-15/h2-3,6-7,10-11,19H,4-5,8-9H2,1H3,(H,16,17,20). The lowest BCUT2D eigenvalue weighted by Crippen LogP contribution is -2.48. The van der Waals surface area contributed by atoms with Crippen molar-refractivity contribution in [1.29, 1.82) is 0 Å². The summed E-state index contributed by atoms with van der Waals surface area (Å²) in [5, 5.41) is 13.2. The van der Waals surface area contributed by atoms with Gasteiger partial charge in [0.15, 0.2) is 5.13 Å². The van der Waals surface area contributed by atoms with Crippen LogP contribution < -0.4 is 5.32 Å². The molecule has 0 radical (unpaired) electrons. The number of carbonyl (C=O) groups excluding carboxylic acids is 1. The average molecular weight is 305 g/mol. The van der Waals surface area contributed by atoms with Gasteiger partial charge in [0.25, 0.3) is 0 Å². The number of anilines is 1. The highest BCUT2D eigenvalue weighted by molar-refractivity contribution is 7.22. The molecule has 0 aliphatic carbocycles. The number of hydrogen-bond acceptors (Lipinski definition) is 5. The van der Waals surface area contributed by atoms with Gasteiger partial charge in [0, 0.05) is 6.54 Å². The monoisotopic (exact) mass is 305 g/mol. The highest BCUT2D eigenvalue weighted by Crippen LogP contribution is 2.25. The third-order valence-electron chi connectivity index (χ3n) is 3.88. The molecule has 21 heavy (non-hydrogen) atoms. The molecule has 1 aliphatic rings. The van der Waals surface area contributed by atoms with E-state index >= 15 is 0 Å². The quantitative estimate of drug-likeness (QED) is 0.911. The molecule has 0 bridgehead atoms. The van der Waals surface area contributed by atoms with E-state index in [1.54, 1.807) is 0 Å². The Morgan fingerprint density at radius 3 is 3.10 bits per heavy atom. The molecular formula is C15H19N3O2S. The van der Waals surface area contributed by atoms with Crippen LogP contribution in [-0.2, 0) is 4.79 Å². The smallest absolute Gasteiger partial charge is 0.243 e. The molecule has 1 amide bonds. The maximum Gasteiger partial charge on any atom is 0.243 e. The molecule has 6 heteroatoms. The number of benzene rings is 1. The van der Waals surface area contributed by atoms with Gasteiger partial charge in [-0.1, -0.05) is 23.5 Å². The minimum Gasteiger partial charge on any atom is -0.392 e. The number of para-hydroxylation sites is 1. The van der Waals surface area contributed by atoms with Crippen LogP contribution >= 0.6 is 11.3 Å². The fraction of sp³-hybridized carbons (Fsp3) is 0.467. The van der Waals surface area contributed by atoms with Crippen molar-refractivity contribution < 1.29 is 9.90 Å². The van der Waals surface area contributed by atoms with Crippen LogP contribution in [0.3, 0.4) is 0 Å². The number of piperidine rings is 1. The van der Waals surface area contributed by atoms with Crippen LogP contribution in [0.1, 0.15) is 19.8 Å². The first-order valence-electron chi connectivity index (χ1n) is 7.22. The summed E-state index contributed by atoms with van der Waals surface area (Å²) in [6.07, 6.45) is 1.43. The van der Waals surface area contributed by atoms with Crippen molar-refractivity contribution in [2.24, 2.45) is 0 Å². The molecule has 112 valence electrons. The first-order chi connectivity index (χ1) is 10.1. The van der Waals surface area contributed by atoms with Gasteiger partial charge in [-0.3, -0.25) is 9.69 Å². The number of hydrogen-bond donors (Lipinski definition) is 2. The number of β-amino-alcohol motifs (C(OH)–C–C–N with tert-alkyl or cyclic N) is 1. The van der Waals surface area contributed by atoms with Gasteiger partial charge in [-0.2, -0.15) is 0 Å². The number of likely N-dealkylation sites (tertiary alicyclic amines) is 1. The number of carbonyl (C=O) groups is 1. The zero-order valence-corrected chi connectivity index (χ0v) is 12.8. The summed E-state index contributed by atoms with van der Waals surface area (Å²) in [6, 6.07) is 7.57. The predicted molar refractivity (Wildman–Crippen MR) is 84.5 cm³/mol. The predicted octanol–water partition coefficient (Wildman–Crippen LogP) is 2.08. The molecule has 2 aromatic rings. The van der Waals surface area contributed by atoms with Crippen molar-refractivity contribution in [3.63, 3.8) is 0 Å². The highest BCUT2D eigenvalue weighted by atomic mass is 32.1. The van der Waals surface area contributed by atoms with Gasteiger partial charge in [0.2, 0.25) is 5.91 Å². The number of aliphatic hydroxyl groups is 1. The third kappa shape index (κ3) is 3.23. The Morgan fingerprint density at radius 2 is 2.33 bits per heavy atom. The normalized spacial score (nSPS) is 21.3. The lowest BCUT2D eigenvalue weighted by molar-refractivity contribution is -0.121. The van der Waals surface area contributed by atoms with Gasteiger partial charge in [-0.25, -0.2) is 4.98 Å². The third-order valence-corrected chi connectivity index (χ3v) is 4.83. The molecule has 1 fully saturated rings. The molecule has 1 saturated heterocycles. The van der Waals surface area contributed by atoms with E-state index in [9.17, 15) is 9.90 Å². The Kier molecular flexibility index (Phi) is 4.19. The van der Waals surface area contributed by atoms with Gasteiger partial charge < -0.3 is 10.4 Å². The summed E-state index contributed by atoms with van der Waals surface area (Å²) in [6.45, 7) is 3.29. The second-order valence-corrected chi connectivity index (χ2v) is 6.47. The summed E-state index contributed by atoms with van der Waals surface area (Å²) in [4.78, 5) is 18.8. The topological polar surface area (TPSA) is 65.5 Å². The molecule has 5 nitrogen and oxygen atoms in total. The summed E-state index contributed by atoms with van der Waals surface area (Å²) in [5.74, 6) is -0.0665. The summed E-state index contributed by atoms with van der Waals surface area (Å²) < 4.78 is 1.06. The number of nitrogens with one attached hydrogen (secondary N) is 1. The summed E-state index contributed by atoms with van der Waals surface area (Å²) in [7, 11) is 0. The van der Waals surface area contributed by atoms with Crippen LogP contribution in [0.5, 0.6) is 0 Å². The molecule has 0 spiro atoms. The van der Waals surface area contributed by atoms with Crippen LogP contribution in [0.4, 0.5) is 5.13 Å². The minimum absolute atomic E-state index is 0.0665. The molecule has 1 aromatic carbocycles. The molecule has 2 unspecified atom stereocenters. The van der Waals surface area contributed by atoms with Gasteiger partial charge in [0.05, 0.1) is 22.4 Å². The Bertz CT molecular complexity index is 610. The number of thiazole rings is 1. The van der Waals surface area contributed by atoms with E-state index in [1.807, 2.05) is 36.1 Å². The minimum atomic E-state index is -0.323. The summed E-state index contributed by atoms with van der Waals surface area (Å²) >= 11 is 1.48. The first kappa shape index (κ1) is 14.4. The SMILES string of the molecule is CC(C(=O)Nc1nc2ccccc2s1)N1CCCC(O)C1. The van der Waals surface area contributed by atoms with Gasteiger partial charge in [-0.05, 0) is 38.4 Å². The van der Waals surface area contributed by atoms with E-state index in [2.05, 4.69) is 10.3 Å². The van der Waals surface area contributed by atoms with E-state index in [0.717, 1.165) is 29.6 Å². The van der Waals surface area contributed by atoms with Crippen LogP contribution in [0.25, 0.3) is 10.2 Å². The molecule has 1 aliphatic heterocycles. The van der Waals surface area contributed by atoms with Gasteiger partial charge in [0.1, 0.15) is 0 Å². The van der Waals surface area contributed by atoms with E-state index in [0.29, 0.717) is 11.7 Å². The number of amides is 1. The molecule has 2 N–H and O–H groups in total. The van der Waals surface area contributed by atoms with Crippen molar-refractivity contribution in [3.8, 4) is 0 Å². The van der Waals surface area contributed by atoms with Crippen LogP contribution in [0.2, 0.25) is 0 Å². The second kappa shape index (κ2) is 6.09. The molecular weight excluding hydrogens is 286 g/mol. The van der Waals surface area contributed by atoms with Crippen molar-refractivity contribution >= 4 is 32.6 Å². The molecule has 0 saturated carbocycles. The molecule has 2 atom stereocenters. The largest absolute Gasteiger partial charge is 0.392 e. The Labute approximate surface area is 127 Å². The van der Waals surface area contributed by atoms with Crippen LogP contribution in [0.15, 0.2) is 24.3 Å². The number of aliphatic hydroxyl groups excluding tert-OH is 1. The number of fused-ring (bicyclic) bond motifs is 1. The number of rotatable bonds is 3. The fourth-order valence-electron chi connectivity index (χ4n) is 2.64. The van der Waals surface area contributed by atoms with Crippen molar-refractivity contribution in [3.05, 3.63) is 24.3 Å². The van der Waals surface area contributed by atoms with Crippen molar-refractivity contribution in [1.82, 2.24) is 9.88 Å². The maximum absolute atomic E-state index is 12.3. The van der Waals surface area contributed by atoms with Crippen molar-refractivity contribution in [2.45, 2.75) is 31.9 Å². The lowest BCUT2D eigenvalue weighted by atomic mass is 10.1. The molecule has 3 rings (SSSR count). The van der Waals surface area contributed by atoms with Crippen molar-refractivity contribution in [2.75, 3.05) is 18.4 Å². The zero-order chi connectivity index (χ0) is 14.8. The van der Waals surface area contributed by atoms with E-state index in [4.69, 9.17) is 0 Å². The van der Waals surface area contributed by atoms with Gasteiger partial charge >= 0.3 is 0 Å². The van der Waals surface area contributed by atoms with E-state index < -0.39 is 0 Å². The number of aromatic nitrogens is 1. The second-order valence-electron chi connectivity index (χ2n) is 5.44. The molecule has 1 aromatic heterocycles. The Balaban J connectivity index is 1.67. The lowest BCUT2D eigenvalue weighted by Gasteiger charge is -2.33. The zero-order valence-electron chi connectivity index (χ0n) is 12.0. The van der Waals surface area contributed by atoms with Crippen LogP contribution in [-0.4, -0.2) is 46.1 Å². The number of nitrogens with zero attached hydrogens (tertiary/aromatic N) is 2. The van der Waals surface area contributed by atoms with E-state index in [-0.39, 0.29) is 18.1 Å². The molecule has 2 heterocycles. The first-order valence-corrected chi connectivity index (χ1v) is 8.03.